The van der Waals surface area contributed by atoms with E-state index in [0.717, 1.165) is 51.1 Å². The fourth-order valence-corrected chi connectivity index (χ4v) is 5.06. The summed E-state index contributed by atoms with van der Waals surface area (Å²) >= 11 is 0. The molecule has 1 heterocycles. The highest BCUT2D eigenvalue weighted by atomic mass is 19.4. The van der Waals surface area contributed by atoms with E-state index in [1.165, 1.54) is 12.1 Å². The van der Waals surface area contributed by atoms with E-state index in [4.69, 9.17) is 4.74 Å². The molecule has 1 saturated carbocycles. The maximum absolute atomic E-state index is 14.0. The van der Waals surface area contributed by atoms with Crippen LogP contribution in [0.5, 0.6) is 5.75 Å². The first-order chi connectivity index (χ1) is 15.9. The van der Waals surface area contributed by atoms with Crippen LogP contribution in [0.15, 0.2) is 48.5 Å². The van der Waals surface area contributed by atoms with E-state index < -0.39 is 11.7 Å². The van der Waals surface area contributed by atoms with Gasteiger partial charge in [-0.2, -0.15) is 13.2 Å². The van der Waals surface area contributed by atoms with Gasteiger partial charge in [0.2, 0.25) is 0 Å². The Morgan fingerprint density at radius 3 is 2.36 bits per heavy atom. The van der Waals surface area contributed by atoms with E-state index in [1.807, 2.05) is 36.4 Å². The first-order valence-corrected chi connectivity index (χ1v) is 11.9. The summed E-state index contributed by atoms with van der Waals surface area (Å²) in [6.07, 6.45) is -1.68. The van der Waals surface area contributed by atoms with Crippen LogP contribution in [0.3, 0.4) is 0 Å². The summed E-state index contributed by atoms with van der Waals surface area (Å²) in [4.78, 5) is 2.35. The molecule has 2 fully saturated rings. The lowest BCUT2D eigenvalue weighted by Gasteiger charge is -2.37. The highest BCUT2D eigenvalue weighted by Gasteiger charge is 2.37. The average molecular weight is 463 g/mol. The van der Waals surface area contributed by atoms with Gasteiger partial charge in [0, 0.05) is 32.7 Å². The molecule has 0 aromatic heterocycles. The third-order valence-corrected chi connectivity index (χ3v) is 6.95. The van der Waals surface area contributed by atoms with Crippen molar-refractivity contribution in [3.8, 4) is 5.75 Å². The zero-order chi connectivity index (χ0) is 23.3. The minimum Gasteiger partial charge on any atom is -0.488 e. The van der Waals surface area contributed by atoms with Crippen LogP contribution in [-0.4, -0.2) is 48.8 Å². The van der Waals surface area contributed by atoms with Crippen molar-refractivity contribution in [2.45, 2.75) is 50.5 Å². The van der Waals surface area contributed by atoms with Gasteiger partial charge < -0.3 is 20.1 Å². The van der Waals surface area contributed by atoms with Crippen LogP contribution >= 0.6 is 0 Å². The van der Waals surface area contributed by atoms with Gasteiger partial charge in [-0.3, -0.25) is 0 Å². The van der Waals surface area contributed by atoms with Crippen LogP contribution in [0, 0.1) is 5.92 Å². The first-order valence-electron chi connectivity index (χ1n) is 11.9. The highest BCUT2D eigenvalue weighted by Crippen LogP contribution is 2.42. The third kappa shape index (κ3) is 6.49. The lowest BCUT2D eigenvalue weighted by Crippen LogP contribution is -2.46. The number of halogens is 3. The maximum atomic E-state index is 14.0. The van der Waals surface area contributed by atoms with Gasteiger partial charge in [0.25, 0.3) is 0 Å². The van der Waals surface area contributed by atoms with Gasteiger partial charge in [-0.15, -0.1) is 0 Å². The number of alkyl halides is 3. The number of piperazine rings is 1. The molecule has 4 rings (SSSR count). The largest absolute Gasteiger partial charge is 0.488 e. The van der Waals surface area contributed by atoms with Crippen LogP contribution in [0.25, 0.3) is 0 Å². The Balaban J connectivity index is 1.59. The van der Waals surface area contributed by atoms with E-state index in [2.05, 4.69) is 10.2 Å². The van der Waals surface area contributed by atoms with Gasteiger partial charge in [0.1, 0.15) is 12.4 Å². The molecule has 180 valence electrons. The molecule has 2 aromatic rings. The van der Waals surface area contributed by atoms with Crippen molar-refractivity contribution < 1.29 is 23.0 Å². The molecule has 1 atom stereocenters. The van der Waals surface area contributed by atoms with Crippen molar-refractivity contribution in [1.82, 2.24) is 10.2 Å². The second kappa shape index (κ2) is 10.9. The van der Waals surface area contributed by atoms with Crippen molar-refractivity contribution in [3.05, 3.63) is 65.2 Å². The van der Waals surface area contributed by atoms with E-state index in [0.29, 0.717) is 18.4 Å². The molecule has 0 radical (unpaired) electrons. The van der Waals surface area contributed by atoms with Crippen molar-refractivity contribution >= 4 is 0 Å². The lowest BCUT2D eigenvalue weighted by atomic mass is 9.75. The number of ether oxygens (including phenoxy) is 1. The molecular formula is C26H33F3N2O2. The van der Waals surface area contributed by atoms with Crippen molar-refractivity contribution in [1.29, 1.82) is 0 Å². The van der Waals surface area contributed by atoms with Gasteiger partial charge in [-0.25, -0.2) is 0 Å². The Kier molecular flexibility index (Phi) is 7.94. The van der Waals surface area contributed by atoms with E-state index in [-0.39, 0.29) is 30.3 Å². The van der Waals surface area contributed by atoms with E-state index in [1.54, 1.807) is 0 Å². The molecular weight excluding hydrogens is 429 g/mol. The molecule has 4 nitrogen and oxygen atoms in total. The molecule has 1 aliphatic heterocycles. The molecule has 1 unspecified atom stereocenters. The van der Waals surface area contributed by atoms with E-state index >= 15 is 0 Å². The standard InChI is InChI=1S/C26H33F3N2O2/c27-26(28,29)24-16-21(8-11-25(24)33-18-19-4-2-1-3-5-19)23(17-31-14-12-30-13-15-31)20-6-9-22(32)10-7-20/h1-5,8,11,16,20,22-23,30,32H,6-7,9-10,12-15,17-18H2. The van der Waals surface area contributed by atoms with Gasteiger partial charge in [0.05, 0.1) is 11.7 Å². The number of aliphatic hydroxyl groups is 1. The SMILES string of the molecule is OC1CCC(C(CN2CCNCC2)c2ccc(OCc3ccccc3)c(C(F)(F)F)c2)CC1. The Morgan fingerprint density at radius 1 is 1.00 bits per heavy atom. The van der Waals surface area contributed by atoms with Gasteiger partial charge in [-0.05, 0) is 60.8 Å². The summed E-state index contributed by atoms with van der Waals surface area (Å²) in [5, 5.41) is 13.3. The van der Waals surface area contributed by atoms with Crippen LogP contribution in [0.1, 0.15) is 48.3 Å². The quantitative estimate of drug-likeness (QED) is 0.619. The number of benzene rings is 2. The Hall–Kier alpha value is -2.09. The number of hydrogen-bond acceptors (Lipinski definition) is 4. The Morgan fingerprint density at radius 2 is 1.70 bits per heavy atom. The van der Waals surface area contributed by atoms with Crippen molar-refractivity contribution in [2.75, 3.05) is 32.7 Å². The topological polar surface area (TPSA) is 44.7 Å². The Bertz CT molecular complexity index is 877. The van der Waals surface area contributed by atoms with Crippen LogP contribution in [0.2, 0.25) is 0 Å². The molecule has 1 saturated heterocycles. The predicted molar refractivity (Wildman–Crippen MR) is 122 cm³/mol. The Labute approximate surface area is 193 Å². The lowest BCUT2D eigenvalue weighted by molar-refractivity contribution is -0.139. The first kappa shape index (κ1) is 24.0. The summed E-state index contributed by atoms with van der Waals surface area (Å²) in [7, 11) is 0. The van der Waals surface area contributed by atoms with Crippen LogP contribution < -0.4 is 10.1 Å². The fraction of sp³-hybridized carbons (Fsp3) is 0.538. The highest BCUT2D eigenvalue weighted by molar-refractivity contribution is 5.41. The zero-order valence-electron chi connectivity index (χ0n) is 18.9. The van der Waals surface area contributed by atoms with Crippen LogP contribution in [0.4, 0.5) is 13.2 Å². The summed E-state index contributed by atoms with van der Waals surface area (Å²) in [5.74, 6) is 0.135. The summed E-state index contributed by atoms with van der Waals surface area (Å²) in [5.41, 5.74) is 0.832. The molecule has 2 N–H and O–H groups in total. The number of nitrogens with zero attached hydrogens (tertiary/aromatic N) is 1. The van der Waals surface area contributed by atoms with Crippen molar-refractivity contribution in [3.63, 3.8) is 0 Å². The summed E-state index contributed by atoms with van der Waals surface area (Å²) < 4.78 is 47.7. The number of rotatable bonds is 7. The van der Waals surface area contributed by atoms with Gasteiger partial charge in [0.15, 0.2) is 0 Å². The second-order valence-corrected chi connectivity index (χ2v) is 9.25. The van der Waals surface area contributed by atoms with Crippen molar-refractivity contribution in [2.24, 2.45) is 5.92 Å². The average Bonchev–Trinajstić information content (AvgIpc) is 2.83. The normalized spacial score (nSPS) is 23.3. The summed E-state index contributed by atoms with van der Waals surface area (Å²) in [6, 6.07) is 13.8. The maximum Gasteiger partial charge on any atom is 0.419 e. The minimum atomic E-state index is -4.50. The van der Waals surface area contributed by atoms with Crippen LogP contribution in [-0.2, 0) is 12.8 Å². The molecule has 2 aliphatic rings. The second-order valence-electron chi connectivity index (χ2n) is 9.25. The fourth-order valence-electron chi connectivity index (χ4n) is 5.06. The monoisotopic (exact) mass is 462 g/mol. The third-order valence-electron chi connectivity index (χ3n) is 6.95. The molecule has 7 heteroatoms. The molecule has 2 aromatic carbocycles. The van der Waals surface area contributed by atoms with Gasteiger partial charge >= 0.3 is 6.18 Å². The van der Waals surface area contributed by atoms with E-state index in [9.17, 15) is 18.3 Å². The number of nitrogens with one attached hydrogen (secondary N) is 1. The predicted octanol–water partition coefficient (Wildman–Crippen LogP) is 4.82. The zero-order valence-corrected chi connectivity index (χ0v) is 18.9. The molecule has 1 aliphatic carbocycles. The summed E-state index contributed by atoms with van der Waals surface area (Å²) in [6.45, 7) is 4.43. The van der Waals surface area contributed by atoms with Gasteiger partial charge in [-0.1, -0.05) is 36.4 Å². The minimum absolute atomic E-state index is 0.000117. The molecule has 0 spiro atoms. The molecule has 0 bridgehead atoms. The smallest absolute Gasteiger partial charge is 0.419 e. The molecule has 33 heavy (non-hydrogen) atoms. The number of hydrogen-bond donors (Lipinski definition) is 2. The number of aliphatic hydroxyl groups excluding tert-OH is 1. The molecule has 0 amide bonds.